The first-order valence-electron chi connectivity index (χ1n) is 4.57. The zero-order valence-corrected chi connectivity index (χ0v) is 10.4. The van der Waals surface area contributed by atoms with Crippen LogP contribution in [0.4, 0.5) is 5.69 Å². The van der Waals surface area contributed by atoms with Crippen molar-refractivity contribution in [1.82, 2.24) is 0 Å². The van der Waals surface area contributed by atoms with Crippen LogP contribution in [0, 0.1) is 0 Å². The molecule has 16 heavy (non-hydrogen) atoms. The minimum Gasteiger partial charge on any atom is -0.465 e. The van der Waals surface area contributed by atoms with Crippen molar-refractivity contribution in [3.8, 4) is 0 Å². The Labute approximate surface area is 106 Å². The quantitative estimate of drug-likeness (QED) is 0.514. The van der Waals surface area contributed by atoms with Crippen LogP contribution in [0.2, 0.25) is 5.02 Å². The number of rotatable bonds is 4. The number of ether oxygens (including phenoxy) is 1. The Morgan fingerprint density at radius 2 is 2.12 bits per heavy atom. The van der Waals surface area contributed by atoms with Gasteiger partial charge in [0.15, 0.2) is 0 Å². The first kappa shape index (κ1) is 15.0. The summed E-state index contributed by atoms with van der Waals surface area (Å²) in [5.74, 6) is 5.30. The normalized spacial score (nSPS) is 9.19. The molecule has 1 aromatic rings. The second-order valence-corrected chi connectivity index (χ2v) is 3.29. The number of carbonyl (C=O) groups excluding carboxylic acids is 1. The van der Waals surface area contributed by atoms with Gasteiger partial charge in [-0.1, -0.05) is 23.7 Å². The number of hydrogen-bond donors (Lipinski definition) is 1. The van der Waals surface area contributed by atoms with Crippen molar-refractivity contribution in [3.63, 3.8) is 0 Å². The fourth-order valence-electron chi connectivity index (χ4n) is 1.12. The predicted octanol–water partition coefficient (Wildman–Crippen LogP) is 2.00. The van der Waals surface area contributed by atoms with Gasteiger partial charge >= 0.3 is 5.97 Å². The number of nitrogens with two attached hydrogens (primary N) is 1. The first-order valence-corrected chi connectivity index (χ1v) is 4.95. The Morgan fingerprint density at radius 3 is 2.69 bits per heavy atom. The highest BCUT2D eigenvalue weighted by Crippen LogP contribution is 2.22. The molecule has 0 atom stereocenters. The molecule has 0 amide bonds. The molecule has 0 aliphatic rings. The third-order valence-corrected chi connectivity index (χ3v) is 2.09. The van der Waals surface area contributed by atoms with Crippen molar-refractivity contribution in [2.24, 2.45) is 5.84 Å². The first-order chi connectivity index (χ1) is 7.15. The lowest BCUT2D eigenvalue weighted by Crippen LogP contribution is -2.37. The summed E-state index contributed by atoms with van der Waals surface area (Å²) >= 11 is 5.91. The van der Waals surface area contributed by atoms with Crippen LogP contribution in [0.3, 0.4) is 0 Å². The molecule has 0 saturated heterocycles. The lowest BCUT2D eigenvalue weighted by atomic mass is 10.3. The number of nitrogens with zero attached hydrogens (tertiary/aromatic N) is 1. The number of halogens is 2. The number of benzene rings is 1. The average molecular weight is 265 g/mol. The lowest BCUT2D eigenvalue weighted by Gasteiger charge is -2.18. The van der Waals surface area contributed by atoms with Gasteiger partial charge in [-0.15, -0.1) is 12.4 Å². The van der Waals surface area contributed by atoms with Crippen LogP contribution in [0.25, 0.3) is 0 Å². The van der Waals surface area contributed by atoms with Crippen molar-refractivity contribution in [1.29, 1.82) is 0 Å². The molecule has 0 unspecified atom stereocenters. The van der Waals surface area contributed by atoms with Crippen molar-refractivity contribution in [2.45, 2.75) is 6.92 Å². The minimum absolute atomic E-state index is 0. The summed E-state index contributed by atoms with van der Waals surface area (Å²) in [5, 5.41) is 1.77. The van der Waals surface area contributed by atoms with Gasteiger partial charge in [-0.2, -0.15) is 0 Å². The molecule has 1 aromatic carbocycles. The van der Waals surface area contributed by atoms with Gasteiger partial charge in [0.1, 0.15) is 6.54 Å². The van der Waals surface area contributed by atoms with Gasteiger partial charge in [-0.3, -0.25) is 9.80 Å². The zero-order valence-electron chi connectivity index (χ0n) is 8.85. The SMILES string of the molecule is CCOC(=O)CN(N)c1ccccc1Cl.Cl. The highest BCUT2D eigenvalue weighted by molar-refractivity contribution is 6.33. The van der Waals surface area contributed by atoms with Gasteiger partial charge in [-0.05, 0) is 19.1 Å². The van der Waals surface area contributed by atoms with Gasteiger partial charge in [0, 0.05) is 0 Å². The maximum Gasteiger partial charge on any atom is 0.327 e. The Balaban J connectivity index is 0.00000225. The summed E-state index contributed by atoms with van der Waals surface area (Å²) in [7, 11) is 0. The van der Waals surface area contributed by atoms with Crippen LogP contribution in [0.5, 0.6) is 0 Å². The van der Waals surface area contributed by atoms with E-state index in [1.165, 1.54) is 5.01 Å². The number of anilines is 1. The van der Waals surface area contributed by atoms with E-state index in [1.807, 2.05) is 0 Å². The van der Waals surface area contributed by atoms with E-state index in [-0.39, 0.29) is 24.9 Å². The highest BCUT2D eigenvalue weighted by Gasteiger charge is 2.10. The van der Waals surface area contributed by atoms with Crippen LogP contribution < -0.4 is 10.9 Å². The standard InChI is InChI=1S/C10H13ClN2O2.ClH/c1-2-15-10(14)7-13(12)9-6-4-3-5-8(9)11;/h3-6H,2,7,12H2,1H3;1H. The molecule has 0 aliphatic carbocycles. The summed E-state index contributed by atoms with van der Waals surface area (Å²) in [5.41, 5.74) is 0.604. The van der Waals surface area contributed by atoms with Crippen LogP contribution in [-0.2, 0) is 9.53 Å². The van der Waals surface area contributed by atoms with E-state index in [1.54, 1.807) is 31.2 Å². The highest BCUT2D eigenvalue weighted by atomic mass is 35.5. The van der Waals surface area contributed by atoms with E-state index in [2.05, 4.69) is 0 Å². The molecule has 0 bridgehead atoms. The fraction of sp³-hybridized carbons (Fsp3) is 0.300. The minimum atomic E-state index is -0.375. The molecule has 2 N–H and O–H groups in total. The van der Waals surface area contributed by atoms with Gasteiger partial charge in [0.25, 0.3) is 0 Å². The molecule has 90 valence electrons. The molecule has 0 aromatic heterocycles. The Morgan fingerprint density at radius 1 is 1.50 bits per heavy atom. The molecule has 6 heteroatoms. The second kappa shape index (κ2) is 7.33. The van der Waals surface area contributed by atoms with Crippen LogP contribution in [0.15, 0.2) is 24.3 Å². The molecule has 0 radical (unpaired) electrons. The average Bonchev–Trinajstić information content (AvgIpc) is 2.18. The summed E-state index contributed by atoms with van der Waals surface area (Å²) in [6, 6.07) is 7.04. The molecule has 0 fully saturated rings. The number of esters is 1. The smallest absolute Gasteiger partial charge is 0.327 e. The Hall–Kier alpha value is -0.970. The van der Waals surface area contributed by atoms with E-state index >= 15 is 0 Å². The topological polar surface area (TPSA) is 55.6 Å². The summed E-state index contributed by atoms with van der Waals surface area (Å²) in [6.07, 6.45) is 0. The van der Waals surface area contributed by atoms with Crippen molar-refractivity contribution in [3.05, 3.63) is 29.3 Å². The van der Waals surface area contributed by atoms with Crippen molar-refractivity contribution < 1.29 is 9.53 Å². The van der Waals surface area contributed by atoms with Crippen molar-refractivity contribution in [2.75, 3.05) is 18.2 Å². The maximum absolute atomic E-state index is 11.2. The third-order valence-electron chi connectivity index (χ3n) is 1.77. The van der Waals surface area contributed by atoms with Crippen LogP contribution >= 0.6 is 24.0 Å². The summed E-state index contributed by atoms with van der Waals surface area (Å²) < 4.78 is 4.77. The third kappa shape index (κ3) is 4.26. The van der Waals surface area contributed by atoms with Gasteiger partial charge in [0.2, 0.25) is 0 Å². The second-order valence-electron chi connectivity index (χ2n) is 2.88. The predicted molar refractivity (Wildman–Crippen MR) is 66.9 cm³/mol. The Bertz CT molecular complexity index is 347. The number of para-hydroxylation sites is 1. The Kier molecular flexibility index (Phi) is 6.88. The van der Waals surface area contributed by atoms with Crippen LogP contribution in [-0.4, -0.2) is 19.1 Å². The lowest BCUT2D eigenvalue weighted by molar-refractivity contribution is -0.141. The van der Waals surface area contributed by atoms with E-state index in [9.17, 15) is 4.79 Å². The van der Waals surface area contributed by atoms with Crippen molar-refractivity contribution >= 4 is 35.7 Å². The van der Waals surface area contributed by atoms with Gasteiger partial charge < -0.3 is 4.74 Å². The van der Waals surface area contributed by atoms with E-state index in [0.717, 1.165) is 0 Å². The molecule has 4 nitrogen and oxygen atoms in total. The number of carbonyl (C=O) groups is 1. The van der Waals surface area contributed by atoms with E-state index in [4.69, 9.17) is 22.2 Å². The van der Waals surface area contributed by atoms with Gasteiger partial charge in [0.05, 0.1) is 17.3 Å². The number of hydrogen-bond acceptors (Lipinski definition) is 4. The molecule has 0 aliphatic heterocycles. The molecule has 0 saturated carbocycles. The largest absolute Gasteiger partial charge is 0.465 e. The number of hydrazine groups is 1. The van der Waals surface area contributed by atoms with Crippen LogP contribution in [0.1, 0.15) is 6.92 Å². The maximum atomic E-state index is 11.2. The zero-order chi connectivity index (χ0) is 11.3. The molecule has 0 spiro atoms. The van der Waals surface area contributed by atoms with E-state index in [0.29, 0.717) is 17.3 Å². The molecular formula is C10H14Cl2N2O2. The van der Waals surface area contributed by atoms with E-state index < -0.39 is 0 Å². The monoisotopic (exact) mass is 264 g/mol. The van der Waals surface area contributed by atoms with Gasteiger partial charge in [-0.25, -0.2) is 5.84 Å². The summed E-state index contributed by atoms with van der Waals surface area (Å²) in [4.78, 5) is 11.2. The molecular weight excluding hydrogens is 251 g/mol. The fourth-order valence-corrected chi connectivity index (χ4v) is 1.36. The molecule has 1 rings (SSSR count). The molecule has 0 heterocycles. The summed E-state index contributed by atoms with van der Waals surface area (Å²) in [6.45, 7) is 2.07.